The number of hydrogen-bond donors (Lipinski definition) is 0. The lowest BCUT2D eigenvalue weighted by Gasteiger charge is -2.12. The summed E-state index contributed by atoms with van der Waals surface area (Å²) in [4.78, 5) is 0. The second-order valence-electron chi connectivity index (χ2n) is 5.27. The molecule has 0 aliphatic heterocycles. The lowest BCUT2D eigenvalue weighted by molar-refractivity contribution is 0.306. The Hall–Kier alpha value is -2.03. The Labute approximate surface area is 145 Å². The van der Waals surface area contributed by atoms with Crippen molar-refractivity contribution in [1.82, 2.24) is 0 Å². The van der Waals surface area contributed by atoms with Gasteiger partial charge in [0.2, 0.25) is 0 Å². The van der Waals surface area contributed by atoms with Crippen LogP contribution < -0.4 is 9.92 Å². The third kappa shape index (κ3) is 3.84. The molecule has 0 amide bonds. The molecule has 3 radical (unpaired) electrons. The average Bonchev–Trinajstić information content (AvgIpc) is 2.61. The zero-order chi connectivity index (χ0) is 16.1. The summed E-state index contributed by atoms with van der Waals surface area (Å²) >= 11 is 6.06. The van der Waals surface area contributed by atoms with E-state index in [2.05, 4.69) is 34.5 Å². The number of rotatable bonds is 5. The van der Waals surface area contributed by atoms with E-state index in [1.165, 1.54) is 0 Å². The first-order chi connectivity index (χ1) is 11.3. The first-order valence-electron chi connectivity index (χ1n) is 7.44. The van der Waals surface area contributed by atoms with Crippen LogP contribution in [0.3, 0.4) is 0 Å². The Morgan fingerprint density at radius 1 is 0.826 bits per heavy atom. The predicted molar refractivity (Wildman–Crippen MR) is 97.6 cm³/mol. The molecule has 0 aliphatic carbocycles. The van der Waals surface area contributed by atoms with Gasteiger partial charge in [0, 0.05) is 5.88 Å². The maximum absolute atomic E-state index is 6.06. The lowest BCUT2D eigenvalue weighted by Crippen LogP contribution is -2.08. The third-order valence-electron chi connectivity index (χ3n) is 3.69. The van der Waals surface area contributed by atoms with Crippen LogP contribution in [0.2, 0.25) is 0 Å². The zero-order valence-electron chi connectivity index (χ0n) is 12.6. The quantitative estimate of drug-likeness (QED) is 0.494. The van der Waals surface area contributed by atoms with Crippen molar-refractivity contribution in [2.24, 2.45) is 0 Å². The van der Waals surface area contributed by atoms with Gasteiger partial charge in [-0.05, 0) is 34.4 Å². The van der Waals surface area contributed by atoms with Crippen LogP contribution in [0.1, 0.15) is 11.1 Å². The van der Waals surface area contributed by atoms with Crippen LogP contribution in [0.25, 0.3) is 11.1 Å². The van der Waals surface area contributed by atoms with Crippen LogP contribution in [-0.2, 0) is 12.5 Å². The maximum Gasteiger partial charge on any atom is 0.119 e. The van der Waals surface area contributed by atoms with E-state index >= 15 is 0 Å². The average molecular weight is 336 g/mol. The number of benzene rings is 3. The van der Waals surface area contributed by atoms with Gasteiger partial charge in [-0.1, -0.05) is 65.9 Å². The number of hydrogen-bond acceptors (Lipinski definition) is 1. The van der Waals surface area contributed by atoms with Crippen LogP contribution in [-0.4, -0.2) is 10.2 Å². The Bertz CT molecular complexity index is 769. The van der Waals surface area contributed by atoms with Gasteiger partial charge in [-0.2, -0.15) is 0 Å². The van der Waals surface area contributed by atoms with E-state index in [1.807, 2.05) is 48.5 Å². The van der Waals surface area contributed by atoms with Gasteiger partial charge < -0.3 is 4.74 Å². The molecule has 0 aliphatic rings. The van der Waals surface area contributed by atoms with Crippen molar-refractivity contribution >= 4 is 27.0 Å². The number of halogens is 1. The first-order valence-corrected chi connectivity index (χ1v) is 8.48. The SMILES string of the molecule is [Si]c1cccc(CCl)c1-c1ccc(OCc2ccccc2)cc1. The highest BCUT2D eigenvalue weighted by Crippen LogP contribution is 2.25. The van der Waals surface area contributed by atoms with Gasteiger partial charge in [0.25, 0.3) is 0 Å². The Morgan fingerprint density at radius 2 is 1.57 bits per heavy atom. The summed E-state index contributed by atoms with van der Waals surface area (Å²) in [7, 11) is 3.67. The van der Waals surface area contributed by atoms with E-state index < -0.39 is 0 Å². The minimum Gasteiger partial charge on any atom is -0.489 e. The van der Waals surface area contributed by atoms with Crippen molar-refractivity contribution in [3.05, 3.63) is 83.9 Å². The molecule has 113 valence electrons. The molecule has 0 aromatic heterocycles. The Balaban J connectivity index is 1.77. The monoisotopic (exact) mass is 335 g/mol. The first kappa shape index (κ1) is 15.8. The second kappa shape index (κ2) is 7.49. The van der Waals surface area contributed by atoms with Gasteiger partial charge in [0.1, 0.15) is 12.4 Å². The Morgan fingerprint density at radius 3 is 2.26 bits per heavy atom. The van der Waals surface area contributed by atoms with Gasteiger partial charge in [-0.25, -0.2) is 0 Å². The minimum atomic E-state index is 0.486. The highest BCUT2D eigenvalue weighted by Gasteiger charge is 2.07. The van der Waals surface area contributed by atoms with Gasteiger partial charge >= 0.3 is 0 Å². The maximum atomic E-state index is 6.06. The summed E-state index contributed by atoms with van der Waals surface area (Å²) < 4.78 is 5.83. The molecule has 3 heteroatoms. The van der Waals surface area contributed by atoms with Crippen LogP contribution in [0, 0.1) is 0 Å². The fourth-order valence-corrected chi connectivity index (χ4v) is 3.13. The van der Waals surface area contributed by atoms with Crippen LogP contribution in [0.4, 0.5) is 0 Å². The van der Waals surface area contributed by atoms with Gasteiger partial charge in [0.05, 0.1) is 10.2 Å². The van der Waals surface area contributed by atoms with E-state index in [4.69, 9.17) is 16.3 Å². The van der Waals surface area contributed by atoms with Crippen molar-refractivity contribution in [3.63, 3.8) is 0 Å². The summed E-state index contributed by atoms with van der Waals surface area (Å²) in [6.45, 7) is 0.571. The van der Waals surface area contributed by atoms with E-state index in [0.717, 1.165) is 33.2 Å². The molecule has 0 bridgehead atoms. The van der Waals surface area contributed by atoms with Crippen molar-refractivity contribution < 1.29 is 4.74 Å². The smallest absolute Gasteiger partial charge is 0.119 e. The van der Waals surface area contributed by atoms with Crippen LogP contribution in [0.15, 0.2) is 72.8 Å². The molecule has 0 unspecified atom stereocenters. The molecule has 3 aromatic rings. The summed E-state index contributed by atoms with van der Waals surface area (Å²) in [5.74, 6) is 1.34. The molecule has 0 spiro atoms. The molecule has 0 fully saturated rings. The standard InChI is InChI=1S/C20H16ClOSi/c21-13-17-7-4-8-19(23)20(17)16-9-11-18(12-10-16)22-14-15-5-2-1-3-6-15/h1-12H,13-14H2. The molecule has 23 heavy (non-hydrogen) atoms. The summed E-state index contributed by atoms with van der Waals surface area (Å²) in [5.41, 5.74) is 4.52. The van der Waals surface area contributed by atoms with E-state index in [0.29, 0.717) is 12.5 Å². The lowest BCUT2D eigenvalue weighted by atomic mass is 10.0. The van der Waals surface area contributed by atoms with Crippen LogP contribution in [0.5, 0.6) is 5.75 Å². The van der Waals surface area contributed by atoms with Gasteiger partial charge in [0.15, 0.2) is 0 Å². The van der Waals surface area contributed by atoms with Gasteiger partial charge in [-0.3, -0.25) is 0 Å². The molecular weight excluding hydrogens is 320 g/mol. The summed E-state index contributed by atoms with van der Waals surface area (Å²) in [6, 6.07) is 24.3. The molecular formula is C20H16ClOSi. The molecule has 3 aromatic carbocycles. The number of alkyl halides is 1. The largest absolute Gasteiger partial charge is 0.489 e. The topological polar surface area (TPSA) is 9.23 Å². The van der Waals surface area contributed by atoms with E-state index in [1.54, 1.807) is 0 Å². The fourth-order valence-electron chi connectivity index (χ4n) is 2.51. The molecule has 0 saturated carbocycles. The highest BCUT2D eigenvalue weighted by molar-refractivity contribution is 6.36. The Kier molecular flexibility index (Phi) is 5.16. The predicted octanol–water partition coefficient (Wildman–Crippen LogP) is 4.47. The van der Waals surface area contributed by atoms with Crippen molar-refractivity contribution in [3.8, 4) is 16.9 Å². The van der Waals surface area contributed by atoms with Crippen LogP contribution >= 0.6 is 11.6 Å². The number of ether oxygens (including phenoxy) is 1. The summed E-state index contributed by atoms with van der Waals surface area (Å²) in [6.07, 6.45) is 0. The highest BCUT2D eigenvalue weighted by atomic mass is 35.5. The molecule has 0 saturated heterocycles. The molecule has 1 nitrogen and oxygen atoms in total. The molecule has 0 atom stereocenters. The normalized spacial score (nSPS) is 10.5. The van der Waals surface area contributed by atoms with Crippen molar-refractivity contribution in [1.29, 1.82) is 0 Å². The minimum absolute atomic E-state index is 0.486. The molecule has 0 N–H and O–H groups in total. The zero-order valence-corrected chi connectivity index (χ0v) is 14.4. The third-order valence-corrected chi connectivity index (χ3v) is 4.39. The molecule has 0 heterocycles. The van der Waals surface area contributed by atoms with E-state index in [-0.39, 0.29) is 0 Å². The van der Waals surface area contributed by atoms with E-state index in [9.17, 15) is 0 Å². The molecule has 3 rings (SSSR count). The summed E-state index contributed by atoms with van der Waals surface area (Å²) in [5, 5.41) is 1.04. The fraction of sp³-hybridized carbons (Fsp3) is 0.100. The van der Waals surface area contributed by atoms with Crippen molar-refractivity contribution in [2.45, 2.75) is 12.5 Å². The van der Waals surface area contributed by atoms with Gasteiger partial charge in [-0.15, -0.1) is 11.6 Å². The second-order valence-corrected chi connectivity index (χ2v) is 6.08. The van der Waals surface area contributed by atoms with Crippen molar-refractivity contribution in [2.75, 3.05) is 0 Å².